The van der Waals surface area contributed by atoms with Crippen LogP contribution in [0.3, 0.4) is 0 Å². The standard InChI is InChI=1S/C11H18N2O2/c1-2-4-13-11(14)10(7-12)6-9-3-5-15-8-9/h3,5,8,10H,2,4,6-7,12H2,1H3,(H,13,14). The number of amides is 1. The Balaban J connectivity index is 2.44. The Morgan fingerprint density at radius 3 is 3.00 bits per heavy atom. The van der Waals surface area contributed by atoms with Crippen LogP contribution in [0.15, 0.2) is 23.0 Å². The van der Waals surface area contributed by atoms with Crippen LogP contribution in [-0.4, -0.2) is 19.0 Å². The predicted molar refractivity (Wildman–Crippen MR) is 58.3 cm³/mol. The molecule has 1 amide bonds. The summed E-state index contributed by atoms with van der Waals surface area (Å²) >= 11 is 0. The third kappa shape index (κ3) is 3.75. The van der Waals surface area contributed by atoms with Gasteiger partial charge >= 0.3 is 0 Å². The molecule has 0 aliphatic heterocycles. The maximum atomic E-state index is 11.6. The topological polar surface area (TPSA) is 68.3 Å². The highest BCUT2D eigenvalue weighted by Gasteiger charge is 2.16. The first-order valence-corrected chi connectivity index (χ1v) is 5.26. The number of hydrogen-bond donors (Lipinski definition) is 2. The number of furan rings is 1. The first-order chi connectivity index (χ1) is 7.27. The first-order valence-electron chi connectivity index (χ1n) is 5.26. The van der Waals surface area contributed by atoms with E-state index in [1.807, 2.05) is 13.0 Å². The molecule has 4 heteroatoms. The van der Waals surface area contributed by atoms with E-state index in [0.717, 1.165) is 12.0 Å². The summed E-state index contributed by atoms with van der Waals surface area (Å²) in [5, 5.41) is 2.85. The minimum atomic E-state index is -0.158. The molecular formula is C11H18N2O2. The zero-order valence-corrected chi connectivity index (χ0v) is 9.03. The van der Waals surface area contributed by atoms with E-state index in [2.05, 4.69) is 5.32 Å². The van der Waals surface area contributed by atoms with Gasteiger partial charge < -0.3 is 15.5 Å². The molecule has 0 aromatic carbocycles. The number of rotatable bonds is 6. The Morgan fingerprint density at radius 1 is 1.67 bits per heavy atom. The molecule has 15 heavy (non-hydrogen) atoms. The zero-order valence-electron chi connectivity index (χ0n) is 9.03. The Bertz CT molecular complexity index is 283. The van der Waals surface area contributed by atoms with Gasteiger partial charge in [0.25, 0.3) is 0 Å². The highest BCUT2D eigenvalue weighted by molar-refractivity contribution is 5.79. The molecule has 84 valence electrons. The van der Waals surface area contributed by atoms with Crippen LogP contribution < -0.4 is 11.1 Å². The summed E-state index contributed by atoms with van der Waals surface area (Å²) in [4.78, 5) is 11.6. The third-order valence-corrected chi connectivity index (χ3v) is 2.27. The molecule has 0 radical (unpaired) electrons. The molecule has 0 fully saturated rings. The van der Waals surface area contributed by atoms with Gasteiger partial charge in [-0.2, -0.15) is 0 Å². The molecule has 0 bridgehead atoms. The summed E-state index contributed by atoms with van der Waals surface area (Å²) in [5.41, 5.74) is 6.58. The van der Waals surface area contributed by atoms with Crippen molar-refractivity contribution < 1.29 is 9.21 Å². The van der Waals surface area contributed by atoms with E-state index >= 15 is 0 Å². The first kappa shape index (κ1) is 11.8. The van der Waals surface area contributed by atoms with Crippen LogP contribution in [0, 0.1) is 5.92 Å². The van der Waals surface area contributed by atoms with E-state index < -0.39 is 0 Å². The van der Waals surface area contributed by atoms with Crippen molar-refractivity contribution in [2.45, 2.75) is 19.8 Å². The van der Waals surface area contributed by atoms with Gasteiger partial charge in [0.2, 0.25) is 5.91 Å². The molecule has 1 atom stereocenters. The second-order valence-corrected chi connectivity index (χ2v) is 3.56. The summed E-state index contributed by atoms with van der Waals surface area (Å²) in [6.07, 6.45) is 4.83. The number of nitrogens with two attached hydrogens (primary N) is 1. The van der Waals surface area contributed by atoms with Crippen molar-refractivity contribution >= 4 is 5.91 Å². The van der Waals surface area contributed by atoms with E-state index in [-0.39, 0.29) is 11.8 Å². The van der Waals surface area contributed by atoms with E-state index in [0.29, 0.717) is 19.5 Å². The summed E-state index contributed by atoms with van der Waals surface area (Å²) in [6.45, 7) is 3.09. The molecule has 1 unspecified atom stereocenters. The molecule has 0 saturated heterocycles. The lowest BCUT2D eigenvalue weighted by Gasteiger charge is -2.13. The van der Waals surface area contributed by atoms with Gasteiger partial charge in [-0.15, -0.1) is 0 Å². The molecule has 0 spiro atoms. The fraction of sp³-hybridized carbons (Fsp3) is 0.545. The number of hydrogen-bond acceptors (Lipinski definition) is 3. The summed E-state index contributed by atoms with van der Waals surface area (Å²) in [5.74, 6) is -0.130. The third-order valence-electron chi connectivity index (χ3n) is 2.27. The van der Waals surface area contributed by atoms with Gasteiger partial charge in [0.1, 0.15) is 0 Å². The van der Waals surface area contributed by atoms with Crippen LogP contribution in [0.2, 0.25) is 0 Å². The maximum absolute atomic E-state index is 11.6. The van der Waals surface area contributed by atoms with Crippen molar-refractivity contribution in [1.82, 2.24) is 5.32 Å². The van der Waals surface area contributed by atoms with Crippen LogP contribution in [0.5, 0.6) is 0 Å². The number of carbonyl (C=O) groups is 1. The van der Waals surface area contributed by atoms with Gasteiger partial charge in [-0.05, 0) is 24.5 Å². The minimum absolute atomic E-state index is 0.0283. The smallest absolute Gasteiger partial charge is 0.224 e. The number of carbonyl (C=O) groups excluding carboxylic acids is 1. The van der Waals surface area contributed by atoms with Crippen LogP contribution in [0.4, 0.5) is 0 Å². The molecule has 0 aliphatic rings. The number of nitrogens with one attached hydrogen (secondary N) is 1. The molecular weight excluding hydrogens is 192 g/mol. The van der Waals surface area contributed by atoms with Gasteiger partial charge in [-0.25, -0.2) is 0 Å². The van der Waals surface area contributed by atoms with Crippen molar-refractivity contribution in [1.29, 1.82) is 0 Å². The Kier molecular flexibility index (Phi) is 4.90. The lowest BCUT2D eigenvalue weighted by atomic mass is 10.0. The molecule has 1 heterocycles. The molecule has 1 aromatic rings. The molecule has 0 aliphatic carbocycles. The molecule has 4 nitrogen and oxygen atoms in total. The van der Waals surface area contributed by atoms with Gasteiger partial charge in [0.15, 0.2) is 0 Å². The lowest BCUT2D eigenvalue weighted by molar-refractivity contribution is -0.124. The monoisotopic (exact) mass is 210 g/mol. The van der Waals surface area contributed by atoms with Gasteiger partial charge in [0, 0.05) is 13.1 Å². The average Bonchev–Trinajstić information content (AvgIpc) is 2.75. The second-order valence-electron chi connectivity index (χ2n) is 3.56. The van der Waals surface area contributed by atoms with E-state index in [1.54, 1.807) is 12.5 Å². The van der Waals surface area contributed by atoms with E-state index in [1.165, 1.54) is 0 Å². The highest BCUT2D eigenvalue weighted by atomic mass is 16.3. The van der Waals surface area contributed by atoms with Crippen LogP contribution in [0.25, 0.3) is 0 Å². The quantitative estimate of drug-likeness (QED) is 0.733. The lowest BCUT2D eigenvalue weighted by Crippen LogP contribution is -2.36. The van der Waals surface area contributed by atoms with Crippen LogP contribution in [0.1, 0.15) is 18.9 Å². The van der Waals surface area contributed by atoms with Crippen molar-refractivity contribution in [3.63, 3.8) is 0 Å². The molecule has 1 aromatic heterocycles. The largest absolute Gasteiger partial charge is 0.472 e. The normalized spacial score (nSPS) is 12.4. The van der Waals surface area contributed by atoms with Gasteiger partial charge in [0.05, 0.1) is 18.4 Å². The maximum Gasteiger partial charge on any atom is 0.224 e. The molecule has 3 N–H and O–H groups in total. The van der Waals surface area contributed by atoms with Crippen molar-refractivity contribution in [3.05, 3.63) is 24.2 Å². The van der Waals surface area contributed by atoms with Gasteiger partial charge in [-0.1, -0.05) is 6.92 Å². The van der Waals surface area contributed by atoms with Crippen LogP contribution in [-0.2, 0) is 11.2 Å². The second kappa shape index (κ2) is 6.24. The SMILES string of the molecule is CCCNC(=O)C(CN)Cc1ccoc1. The van der Waals surface area contributed by atoms with E-state index in [9.17, 15) is 4.79 Å². The van der Waals surface area contributed by atoms with Crippen molar-refractivity contribution in [3.8, 4) is 0 Å². The highest BCUT2D eigenvalue weighted by Crippen LogP contribution is 2.08. The summed E-state index contributed by atoms with van der Waals surface area (Å²) < 4.78 is 4.95. The average molecular weight is 210 g/mol. The Labute approximate surface area is 89.8 Å². The fourth-order valence-corrected chi connectivity index (χ4v) is 1.37. The Morgan fingerprint density at radius 2 is 2.47 bits per heavy atom. The van der Waals surface area contributed by atoms with Gasteiger partial charge in [-0.3, -0.25) is 4.79 Å². The predicted octanol–water partition coefficient (Wildman–Crippen LogP) is 0.923. The fourth-order valence-electron chi connectivity index (χ4n) is 1.37. The van der Waals surface area contributed by atoms with Crippen LogP contribution >= 0.6 is 0 Å². The van der Waals surface area contributed by atoms with E-state index in [4.69, 9.17) is 10.2 Å². The zero-order chi connectivity index (χ0) is 11.1. The minimum Gasteiger partial charge on any atom is -0.472 e. The van der Waals surface area contributed by atoms with Crippen molar-refractivity contribution in [2.75, 3.05) is 13.1 Å². The molecule has 0 saturated carbocycles. The van der Waals surface area contributed by atoms with Crippen molar-refractivity contribution in [2.24, 2.45) is 11.7 Å². The molecule has 1 rings (SSSR count). The Hall–Kier alpha value is -1.29. The summed E-state index contributed by atoms with van der Waals surface area (Å²) in [7, 11) is 0. The summed E-state index contributed by atoms with van der Waals surface area (Å²) in [6, 6.07) is 1.86.